The number of hydrogen-bond donors (Lipinski definition) is 1. The molecule has 0 saturated carbocycles. The van der Waals surface area contributed by atoms with Crippen LogP contribution in [0.3, 0.4) is 0 Å². The predicted octanol–water partition coefficient (Wildman–Crippen LogP) is 1.57. The van der Waals surface area contributed by atoms with Gasteiger partial charge < -0.3 is 15.4 Å². The highest BCUT2D eigenvalue weighted by Crippen LogP contribution is 2.24. The number of nitrogens with two attached hydrogens (primary N) is 1. The monoisotopic (exact) mass is 341 g/mol. The molecule has 0 aromatic heterocycles. The van der Waals surface area contributed by atoms with Crippen LogP contribution in [-0.2, 0) is 6.42 Å². The van der Waals surface area contributed by atoms with Crippen molar-refractivity contribution < 1.29 is 4.74 Å². The largest absolute Gasteiger partial charge is 0.497 e. The number of ether oxygens (including phenoxy) is 1. The van der Waals surface area contributed by atoms with Gasteiger partial charge in [-0.2, -0.15) is 0 Å². The normalized spacial score (nSPS) is 22.8. The van der Waals surface area contributed by atoms with Crippen LogP contribution in [0.4, 0.5) is 0 Å². The minimum Gasteiger partial charge on any atom is -0.497 e. The minimum atomic E-state index is 0.117. The average Bonchev–Trinajstić information content (AvgIpc) is 2.43. The lowest BCUT2D eigenvalue weighted by Crippen LogP contribution is -2.58. The number of likely N-dealkylation sites (N-methyl/N-ethyl adjacent to an activating group) is 2. The van der Waals surface area contributed by atoms with E-state index in [-0.39, 0.29) is 6.04 Å². The third kappa shape index (κ3) is 3.73. The first kappa shape index (κ1) is 15.8. The molecule has 1 fully saturated rings. The molecule has 20 heavy (non-hydrogen) atoms. The van der Waals surface area contributed by atoms with E-state index in [0.29, 0.717) is 6.04 Å². The van der Waals surface area contributed by atoms with Gasteiger partial charge in [0.2, 0.25) is 0 Å². The quantitative estimate of drug-likeness (QED) is 0.902. The zero-order valence-electron chi connectivity index (χ0n) is 12.5. The molecule has 1 aliphatic rings. The van der Waals surface area contributed by atoms with Gasteiger partial charge in [-0.25, -0.2) is 0 Å². The molecule has 1 aromatic carbocycles. The van der Waals surface area contributed by atoms with Gasteiger partial charge in [0.25, 0.3) is 0 Å². The zero-order valence-corrected chi connectivity index (χ0v) is 14.1. The summed E-state index contributed by atoms with van der Waals surface area (Å²) >= 11 is 3.60. The fraction of sp³-hybridized carbons (Fsp3) is 0.600. The molecular formula is C15H24BrN3O. The Labute approximate surface area is 130 Å². The van der Waals surface area contributed by atoms with E-state index >= 15 is 0 Å². The van der Waals surface area contributed by atoms with Crippen LogP contribution in [0.5, 0.6) is 5.75 Å². The van der Waals surface area contributed by atoms with E-state index in [1.807, 2.05) is 12.1 Å². The number of piperazine rings is 1. The van der Waals surface area contributed by atoms with Gasteiger partial charge in [0, 0.05) is 36.2 Å². The lowest BCUT2D eigenvalue weighted by Gasteiger charge is -2.40. The first-order valence-corrected chi connectivity index (χ1v) is 7.77. The smallest absolute Gasteiger partial charge is 0.119 e. The molecular weight excluding hydrogens is 318 g/mol. The lowest BCUT2D eigenvalue weighted by molar-refractivity contribution is 0.0973. The van der Waals surface area contributed by atoms with Gasteiger partial charge >= 0.3 is 0 Å². The number of nitrogens with zero attached hydrogens (tertiary/aromatic N) is 2. The highest BCUT2D eigenvalue weighted by molar-refractivity contribution is 9.10. The molecule has 5 heteroatoms. The van der Waals surface area contributed by atoms with Crippen molar-refractivity contribution in [2.24, 2.45) is 5.73 Å². The van der Waals surface area contributed by atoms with Crippen molar-refractivity contribution in [3.63, 3.8) is 0 Å². The summed E-state index contributed by atoms with van der Waals surface area (Å²) in [6, 6.07) is 6.56. The Hall–Kier alpha value is -0.620. The van der Waals surface area contributed by atoms with Crippen molar-refractivity contribution in [3.05, 3.63) is 28.2 Å². The van der Waals surface area contributed by atoms with Crippen molar-refractivity contribution in [2.45, 2.75) is 18.5 Å². The molecule has 0 amide bonds. The molecule has 0 radical (unpaired) electrons. The van der Waals surface area contributed by atoms with E-state index < -0.39 is 0 Å². The van der Waals surface area contributed by atoms with Crippen LogP contribution in [0, 0.1) is 0 Å². The Morgan fingerprint density at radius 1 is 1.40 bits per heavy atom. The Bertz CT molecular complexity index is 455. The summed E-state index contributed by atoms with van der Waals surface area (Å²) in [5.74, 6) is 0.879. The molecule has 112 valence electrons. The maximum absolute atomic E-state index is 6.46. The zero-order chi connectivity index (χ0) is 14.7. The van der Waals surface area contributed by atoms with Crippen molar-refractivity contribution in [3.8, 4) is 5.75 Å². The van der Waals surface area contributed by atoms with E-state index in [4.69, 9.17) is 10.5 Å². The molecule has 0 bridgehead atoms. The summed E-state index contributed by atoms with van der Waals surface area (Å²) in [6.45, 7) is 3.22. The molecule has 2 rings (SSSR count). The highest BCUT2D eigenvalue weighted by atomic mass is 79.9. The fourth-order valence-corrected chi connectivity index (χ4v) is 3.14. The molecule has 4 nitrogen and oxygen atoms in total. The maximum atomic E-state index is 6.46. The summed E-state index contributed by atoms with van der Waals surface area (Å²) in [5.41, 5.74) is 7.67. The van der Waals surface area contributed by atoms with E-state index in [0.717, 1.165) is 36.3 Å². The van der Waals surface area contributed by atoms with Crippen LogP contribution in [0.15, 0.2) is 22.7 Å². The number of benzene rings is 1. The average molecular weight is 342 g/mol. The molecule has 0 aliphatic carbocycles. The lowest BCUT2D eigenvalue weighted by atomic mass is 9.97. The Balaban J connectivity index is 2.08. The topological polar surface area (TPSA) is 41.7 Å². The Morgan fingerprint density at radius 2 is 2.15 bits per heavy atom. The van der Waals surface area contributed by atoms with Gasteiger partial charge in [0.1, 0.15) is 5.75 Å². The van der Waals surface area contributed by atoms with Crippen LogP contribution in [0.25, 0.3) is 0 Å². The molecule has 0 spiro atoms. The van der Waals surface area contributed by atoms with Gasteiger partial charge in [-0.05, 0) is 44.3 Å². The van der Waals surface area contributed by atoms with Crippen molar-refractivity contribution in [1.82, 2.24) is 9.80 Å². The third-order valence-corrected chi connectivity index (χ3v) is 4.88. The summed E-state index contributed by atoms with van der Waals surface area (Å²) in [4.78, 5) is 4.73. The second-order valence-electron chi connectivity index (χ2n) is 5.64. The predicted molar refractivity (Wildman–Crippen MR) is 86.3 cm³/mol. The van der Waals surface area contributed by atoms with E-state index in [9.17, 15) is 0 Å². The van der Waals surface area contributed by atoms with Gasteiger partial charge in [-0.15, -0.1) is 0 Å². The molecule has 1 saturated heterocycles. The molecule has 2 unspecified atom stereocenters. The van der Waals surface area contributed by atoms with E-state index in [2.05, 4.69) is 45.9 Å². The number of rotatable bonds is 4. The first-order valence-electron chi connectivity index (χ1n) is 6.98. The van der Waals surface area contributed by atoms with E-state index in [1.54, 1.807) is 7.11 Å². The minimum absolute atomic E-state index is 0.117. The summed E-state index contributed by atoms with van der Waals surface area (Å²) < 4.78 is 6.39. The first-order chi connectivity index (χ1) is 9.51. The number of methoxy groups -OCH3 is 1. The Kier molecular flexibility index (Phi) is 5.43. The standard InChI is InChI=1S/C15H24BrN3O/c1-18-6-7-19(2)15(10-18)14(17)9-11-8-12(20-3)4-5-13(11)16/h4-5,8,14-15H,6-7,9-10,17H2,1-3H3. The van der Waals surface area contributed by atoms with Crippen LogP contribution in [0.1, 0.15) is 5.56 Å². The third-order valence-electron chi connectivity index (χ3n) is 4.10. The second kappa shape index (κ2) is 6.89. The van der Waals surface area contributed by atoms with Crippen molar-refractivity contribution >= 4 is 15.9 Å². The molecule has 1 aliphatic heterocycles. The highest BCUT2D eigenvalue weighted by Gasteiger charge is 2.28. The van der Waals surface area contributed by atoms with Gasteiger partial charge in [0.05, 0.1) is 7.11 Å². The second-order valence-corrected chi connectivity index (χ2v) is 6.49. The summed E-state index contributed by atoms with van der Waals surface area (Å²) in [6.07, 6.45) is 0.848. The maximum Gasteiger partial charge on any atom is 0.119 e. The Morgan fingerprint density at radius 3 is 2.85 bits per heavy atom. The molecule has 1 aromatic rings. The van der Waals surface area contributed by atoms with Gasteiger partial charge in [0.15, 0.2) is 0 Å². The molecule has 2 N–H and O–H groups in total. The van der Waals surface area contributed by atoms with Crippen LogP contribution >= 0.6 is 15.9 Å². The van der Waals surface area contributed by atoms with Gasteiger partial charge in [-0.3, -0.25) is 4.90 Å². The van der Waals surface area contributed by atoms with Crippen LogP contribution in [-0.4, -0.2) is 62.7 Å². The molecule has 2 atom stereocenters. The summed E-state index contributed by atoms with van der Waals surface area (Å²) in [5, 5.41) is 0. The van der Waals surface area contributed by atoms with Crippen LogP contribution in [0.2, 0.25) is 0 Å². The van der Waals surface area contributed by atoms with Crippen LogP contribution < -0.4 is 10.5 Å². The van der Waals surface area contributed by atoms with E-state index in [1.165, 1.54) is 5.56 Å². The van der Waals surface area contributed by atoms with Gasteiger partial charge in [-0.1, -0.05) is 15.9 Å². The van der Waals surface area contributed by atoms with Crippen molar-refractivity contribution in [2.75, 3.05) is 40.8 Å². The number of hydrogen-bond acceptors (Lipinski definition) is 4. The van der Waals surface area contributed by atoms with Crippen molar-refractivity contribution in [1.29, 1.82) is 0 Å². The molecule has 1 heterocycles. The fourth-order valence-electron chi connectivity index (χ4n) is 2.73. The SMILES string of the molecule is COc1ccc(Br)c(CC(N)C2CN(C)CCN2C)c1. The number of halogens is 1. The summed E-state index contributed by atoms with van der Waals surface area (Å²) in [7, 11) is 6.02.